The number of halogens is 3. The molecule has 3 rings (SSSR count). The summed E-state index contributed by atoms with van der Waals surface area (Å²) in [6.45, 7) is 2.51. The van der Waals surface area contributed by atoms with Crippen LogP contribution in [0.5, 0.6) is 5.75 Å². The van der Waals surface area contributed by atoms with Crippen LogP contribution in [0.2, 0.25) is 0 Å². The summed E-state index contributed by atoms with van der Waals surface area (Å²) in [5.74, 6) is -2.43. The van der Waals surface area contributed by atoms with Crippen LogP contribution in [-0.4, -0.2) is 63.1 Å². The number of aliphatic hydroxyl groups excluding tert-OH is 1. The van der Waals surface area contributed by atoms with Crippen molar-refractivity contribution in [3.63, 3.8) is 0 Å². The van der Waals surface area contributed by atoms with Gasteiger partial charge in [-0.15, -0.1) is 11.6 Å². The zero-order valence-electron chi connectivity index (χ0n) is 20.6. The van der Waals surface area contributed by atoms with Gasteiger partial charge in [-0.2, -0.15) is 10.1 Å². The summed E-state index contributed by atoms with van der Waals surface area (Å²) in [5.41, 5.74) is 4.18. The number of carbonyl (C=O) groups excluding carboxylic acids is 1. The monoisotopic (exact) mass is 580 g/mol. The number of rotatable bonds is 11. The van der Waals surface area contributed by atoms with Crippen molar-refractivity contribution < 1.29 is 41.8 Å². The highest BCUT2D eigenvalue weighted by atomic mass is 35.5. The van der Waals surface area contributed by atoms with Crippen molar-refractivity contribution in [3.8, 4) is 5.75 Å². The molecule has 1 unspecified atom stereocenters. The van der Waals surface area contributed by atoms with Crippen LogP contribution < -0.4 is 21.0 Å². The number of benzene rings is 1. The van der Waals surface area contributed by atoms with E-state index >= 15 is 0 Å². The summed E-state index contributed by atoms with van der Waals surface area (Å²) in [6.07, 6.45) is -4.89. The minimum atomic E-state index is -4.38. The Hall–Kier alpha value is -2.61. The Labute approximate surface area is 221 Å². The number of esters is 1. The van der Waals surface area contributed by atoms with Crippen molar-refractivity contribution in [2.45, 2.75) is 56.2 Å². The fourth-order valence-electron chi connectivity index (χ4n) is 3.51. The summed E-state index contributed by atoms with van der Waals surface area (Å²) >= 11 is 6.30. The maximum atomic E-state index is 14.1. The Balaban J connectivity index is 1.84. The van der Waals surface area contributed by atoms with Gasteiger partial charge in [0.15, 0.2) is 17.9 Å². The first-order valence-corrected chi connectivity index (χ1v) is 13.3. The molecule has 2 heterocycles. The molecule has 1 aromatic heterocycles. The predicted octanol–water partition coefficient (Wildman–Crippen LogP) is 2.30. The highest BCUT2D eigenvalue weighted by Crippen LogP contribution is 2.48. The van der Waals surface area contributed by atoms with E-state index in [9.17, 15) is 28.0 Å². The van der Waals surface area contributed by atoms with Crippen LogP contribution in [0, 0.1) is 5.82 Å². The first-order chi connectivity index (χ1) is 17.8. The van der Waals surface area contributed by atoms with Crippen molar-refractivity contribution in [1.82, 2.24) is 14.6 Å². The molecule has 0 aliphatic carbocycles. The Bertz CT molecular complexity index is 1240. The molecule has 1 aliphatic heterocycles. The molecule has 4 N–H and O–H groups in total. The standard InChI is InChI=1S/C22H28ClF2N4O8P/c1-12(2)35-19(31)13(3)28-38(33,37-14-7-5-4-6-8-14)34-10-16-17(30)22(23,11-24)20(36-16)29-9-15(25)18(26)27-21(29)32/h4-9,12-13,16-17,20,30H,10-11H2,1-3H3,(H,28,33)(H2,26,27,32)/t13-,16+,17?,20+,22+,38+/m0/s1. The molecule has 6 atom stereocenters. The topological polar surface area (TPSA) is 164 Å². The van der Waals surface area contributed by atoms with Gasteiger partial charge in [0.25, 0.3) is 0 Å². The van der Waals surface area contributed by atoms with E-state index in [1.165, 1.54) is 19.1 Å². The van der Waals surface area contributed by atoms with Gasteiger partial charge in [0.1, 0.15) is 35.5 Å². The highest BCUT2D eigenvalue weighted by Gasteiger charge is 2.57. The second kappa shape index (κ2) is 12.1. The normalized spacial score (nSPS) is 25.6. The third-order valence-corrected chi connectivity index (χ3v) is 7.54. The maximum Gasteiger partial charge on any atom is 0.459 e. The number of aromatic nitrogens is 2. The number of ether oxygens (including phenoxy) is 2. The number of hydrogen-bond donors (Lipinski definition) is 3. The first kappa shape index (κ1) is 29.9. The molecular formula is C22H28ClF2N4O8P. The molecule has 0 spiro atoms. The minimum Gasteiger partial charge on any atom is -0.462 e. The van der Waals surface area contributed by atoms with Crippen LogP contribution >= 0.6 is 19.3 Å². The fraction of sp³-hybridized carbons (Fsp3) is 0.500. The van der Waals surface area contributed by atoms with Crippen LogP contribution in [0.1, 0.15) is 27.0 Å². The van der Waals surface area contributed by atoms with Crippen molar-refractivity contribution >= 4 is 31.1 Å². The molecule has 12 nitrogen and oxygen atoms in total. The molecule has 1 fully saturated rings. The zero-order chi connectivity index (χ0) is 28.3. The zero-order valence-corrected chi connectivity index (χ0v) is 22.3. The lowest BCUT2D eigenvalue weighted by Crippen LogP contribution is -2.46. The lowest BCUT2D eigenvalue weighted by molar-refractivity contribution is -0.149. The molecular weight excluding hydrogens is 553 g/mol. The Morgan fingerprint density at radius 2 is 2.03 bits per heavy atom. The lowest BCUT2D eigenvalue weighted by atomic mass is 10.00. The third-order valence-electron chi connectivity index (χ3n) is 5.38. The molecule has 0 saturated carbocycles. The number of nitrogen functional groups attached to an aromatic ring is 1. The Morgan fingerprint density at radius 3 is 2.63 bits per heavy atom. The molecule has 16 heteroatoms. The summed E-state index contributed by atoms with van der Waals surface area (Å²) in [5, 5.41) is 13.2. The average molecular weight is 581 g/mol. The number of aliphatic hydroxyl groups is 1. The number of hydrogen-bond acceptors (Lipinski definition) is 10. The van der Waals surface area contributed by atoms with E-state index in [0.29, 0.717) is 10.8 Å². The quantitative estimate of drug-likeness (QED) is 0.203. The molecule has 1 aliphatic rings. The summed E-state index contributed by atoms with van der Waals surface area (Å²) in [4.78, 5) is 25.6. The van der Waals surface area contributed by atoms with Gasteiger partial charge in [-0.1, -0.05) is 18.2 Å². The van der Waals surface area contributed by atoms with Crippen LogP contribution in [0.3, 0.4) is 0 Å². The molecule has 38 heavy (non-hydrogen) atoms. The second-order valence-electron chi connectivity index (χ2n) is 8.73. The van der Waals surface area contributed by atoms with E-state index in [1.807, 2.05) is 0 Å². The minimum absolute atomic E-state index is 0.115. The number of alkyl halides is 2. The number of para-hydroxylation sites is 1. The molecule has 1 saturated heterocycles. The highest BCUT2D eigenvalue weighted by molar-refractivity contribution is 7.52. The first-order valence-electron chi connectivity index (χ1n) is 11.4. The molecule has 0 amide bonds. The smallest absolute Gasteiger partial charge is 0.459 e. The van der Waals surface area contributed by atoms with Gasteiger partial charge in [0.05, 0.1) is 18.9 Å². The number of nitrogens with two attached hydrogens (primary N) is 1. The van der Waals surface area contributed by atoms with E-state index in [2.05, 4.69) is 10.1 Å². The van der Waals surface area contributed by atoms with Gasteiger partial charge in [-0.3, -0.25) is 13.9 Å². The van der Waals surface area contributed by atoms with Gasteiger partial charge in [-0.25, -0.2) is 18.1 Å². The van der Waals surface area contributed by atoms with E-state index < -0.39 is 79.8 Å². The van der Waals surface area contributed by atoms with E-state index in [4.69, 9.17) is 35.9 Å². The van der Waals surface area contributed by atoms with Crippen LogP contribution in [0.15, 0.2) is 41.3 Å². The number of nitrogens with zero attached hydrogens (tertiary/aromatic N) is 2. The average Bonchev–Trinajstić information content (AvgIpc) is 3.10. The van der Waals surface area contributed by atoms with Gasteiger partial charge >= 0.3 is 19.4 Å². The second-order valence-corrected chi connectivity index (χ2v) is 11.1. The largest absolute Gasteiger partial charge is 0.462 e. The fourth-order valence-corrected chi connectivity index (χ4v) is 5.31. The summed E-state index contributed by atoms with van der Waals surface area (Å²) in [6, 6.07) is 6.69. The summed E-state index contributed by atoms with van der Waals surface area (Å²) < 4.78 is 63.9. The van der Waals surface area contributed by atoms with Crippen LogP contribution in [-0.2, 0) is 23.4 Å². The third kappa shape index (κ3) is 6.68. The van der Waals surface area contributed by atoms with E-state index in [-0.39, 0.29) is 5.75 Å². The maximum absolute atomic E-state index is 14.1. The van der Waals surface area contributed by atoms with Gasteiger partial charge in [0, 0.05) is 0 Å². The number of nitrogens with one attached hydrogen (secondary N) is 1. The molecule has 1 aromatic carbocycles. The van der Waals surface area contributed by atoms with Crippen LogP contribution in [0.4, 0.5) is 14.6 Å². The van der Waals surface area contributed by atoms with E-state index in [1.54, 1.807) is 32.0 Å². The molecule has 210 valence electrons. The molecule has 0 radical (unpaired) electrons. The molecule has 0 bridgehead atoms. The SMILES string of the molecule is CC(C)OC(=O)[C@H](C)N[P@@](=O)(OC[C@H]1O[C@@H](n2cc(F)c(N)nc2=O)[C@@](Cl)(CF)C1O)Oc1ccccc1. The van der Waals surface area contributed by atoms with Crippen molar-refractivity contribution in [2.24, 2.45) is 0 Å². The van der Waals surface area contributed by atoms with E-state index in [0.717, 1.165) is 0 Å². The van der Waals surface area contributed by atoms with Crippen LogP contribution in [0.25, 0.3) is 0 Å². The molecule has 2 aromatic rings. The number of carbonyl (C=O) groups is 1. The van der Waals surface area contributed by atoms with Gasteiger partial charge in [-0.05, 0) is 32.9 Å². The Kier molecular flexibility index (Phi) is 9.50. The number of anilines is 1. The summed E-state index contributed by atoms with van der Waals surface area (Å²) in [7, 11) is -4.38. The lowest BCUT2D eigenvalue weighted by Gasteiger charge is -2.28. The predicted molar refractivity (Wildman–Crippen MR) is 132 cm³/mol. The van der Waals surface area contributed by atoms with Gasteiger partial charge in [0.2, 0.25) is 0 Å². The van der Waals surface area contributed by atoms with Crippen molar-refractivity contribution in [3.05, 3.63) is 52.8 Å². The van der Waals surface area contributed by atoms with Gasteiger partial charge < -0.3 is 24.8 Å². The van der Waals surface area contributed by atoms with Crippen molar-refractivity contribution in [1.29, 1.82) is 0 Å². The Morgan fingerprint density at radius 1 is 1.37 bits per heavy atom. The van der Waals surface area contributed by atoms with Crippen molar-refractivity contribution in [2.75, 3.05) is 19.0 Å².